The second-order valence-corrected chi connectivity index (χ2v) is 7.63. The van der Waals surface area contributed by atoms with Gasteiger partial charge in [0.25, 0.3) is 0 Å². The SMILES string of the molecule is O=C(NCC1CC1)[C@@H]1CCCN(C(=O)[C@@H]2COc3ccccc3C2)C1. The number of hydrogen-bond acceptors (Lipinski definition) is 3. The third-order valence-corrected chi connectivity index (χ3v) is 5.59. The smallest absolute Gasteiger partial charge is 0.229 e. The molecule has 0 spiro atoms. The van der Waals surface area contributed by atoms with Crippen LogP contribution in [0.1, 0.15) is 31.2 Å². The molecule has 2 atom stereocenters. The summed E-state index contributed by atoms with van der Waals surface area (Å²) in [5.41, 5.74) is 1.10. The van der Waals surface area contributed by atoms with Crippen molar-refractivity contribution in [3.05, 3.63) is 29.8 Å². The standard InChI is InChI=1S/C20H26N2O3/c23-19(21-11-14-7-8-14)16-5-3-9-22(12-16)20(24)17-10-15-4-1-2-6-18(15)25-13-17/h1-2,4,6,14,16-17H,3,5,7-13H2,(H,21,23)/t16-,17+/m1/s1. The van der Waals surface area contributed by atoms with Gasteiger partial charge in [-0.05, 0) is 49.7 Å². The van der Waals surface area contributed by atoms with E-state index in [0.717, 1.165) is 43.7 Å². The molecule has 0 bridgehead atoms. The number of carbonyl (C=O) groups excluding carboxylic acids is 2. The Morgan fingerprint density at radius 3 is 2.84 bits per heavy atom. The minimum atomic E-state index is -0.136. The molecule has 0 unspecified atom stereocenters. The minimum Gasteiger partial charge on any atom is -0.492 e. The predicted octanol–water partition coefficient (Wildman–Crippen LogP) is 2.00. The zero-order valence-electron chi connectivity index (χ0n) is 14.6. The summed E-state index contributed by atoms with van der Waals surface area (Å²) in [5, 5.41) is 3.06. The summed E-state index contributed by atoms with van der Waals surface area (Å²) in [7, 11) is 0. The van der Waals surface area contributed by atoms with Gasteiger partial charge in [0.1, 0.15) is 12.4 Å². The first-order chi connectivity index (χ1) is 12.2. The van der Waals surface area contributed by atoms with Gasteiger partial charge in [-0.3, -0.25) is 9.59 Å². The van der Waals surface area contributed by atoms with Gasteiger partial charge in [0, 0.05) is 19.6 Å². The molecule has 0 radical (unpaired) electrons. The van der Waals surface area contributed by atoms with Crippen molar-refractivity contribution in [2.75, 3.05) is 26.2 Å². The molecule has 5 nitrogen and oxygen atoms in total. The topological polar surface area (TPSA) is 58.6 Å². The average Bonchev–Trinajstić information content (AvgIpc) is 3.49. The van der Waals surface area contributed by atoms with Gasteiger partial charge in [-0.2, -0.15) is 0 Å². The first-order valence-corrected chi connectivity index (χ1v) is 9.48. The van der Waals surface area contributed by atoms with Crippen LogP contribution in [-0.4, -0.2) is 43.0 Å². The second kappa shape index (κ2) is 7.06. The Kier molecular flexibility index (Phi) is 4.64. The summed E-state index contributed by atoms with van der Waals surface area (Å²) in [6.45, 7) is 2.54. The number of hydrogen-bond donors (Lipinski definition) is 1. The van der Waals surface area contributed by atoms with E-state index in [1.807, 2.05) is 29.2 Å². The monoisotopic (exact) mass is 342 g/mol. The van der Waals surface area contributed by atoms with E-state index in [-0.39, 0.29) is 23.7 Å². The molecular weight excluding hydrogens is 316 g/mol. The summed E-state index contributed by atoms with van der Waals surface area (Å²) in [6.07, 6.45) is 4.98. The van der Waals surface area contributed by atoms with Crippen LogP contribution in [0.5, 0.6) is 5.75 Å². The highest BCUT2D eigenvalue weighted by molar-refractivity contribution is 5.83. The van der Waals surface area contributed by atoms with Crippen molar-refractivity contribution in [3.63, 3.8) is 0 Å². The van der Waals surface area contributed by atoms with E-state index >= 15 is 0 Å². The fourth-order valence-corrected chi connectivity index (χ4v) is 3.85. The highest BCUT2D eigenvalue weighted by Gasteiger charge is 2.34. The van der Waals surface area contributed by atoms with Crippen molar-refractivity contribution < 1.29 is 14.3 Å². The van der Waals surface area contributed by atoms with Crippen molar-refractivity contribution in [2.24, 2.45) is 17.8 Å². The molecule has 25 heavy (non-hydrogen) atoms. The molecule has 2 fully saturated rings. The highest BCUT2D eigenvalue weighted by Crippen LogP contribution is 2.29. The summed E-state index contributed by atoms with van der Waals surface area (Å²) >= 11 is 0. The van der Waals surface area contributed by atoms with E-state index in [1.54, 1.807) is 0 Å². The maximum atomic E-state index is 12.9. The Morgan fingerprint density at radius 1 is 1.16 bits per heavy atom. The number of piperidine rings is 1. The summed E-state index contributed by atoms with van der Waals surface area (Å²) in [6, 6.07) is 7.92. The number of para-hydroxylation sites is 1. The van der Waals surface area contributed by atoms with Crippen LogP contribution in [-0.2, 0) is 16.0 Å². The molecule has 2 aliphatic heterocycles. The Labute approximate surface area is 148 Å². The van der Waals surface area contributed by atoms with Crippen LogP contribution in [0.25, 0.3) is 0 Å². The molecule has 1 aromatic rings. The first-order valence-electron chi connectivity index (χ1n) is 9.48. The summed E-state index contributed by atoms with van der Waals surface area (Å²) < 4.78 is 5.77. The molecule has 4 rings (SSSR count). The number of carbonyl (C=O) groups is 2. The quantitative estimate of drug-likeness (QED) is 0.910. The summed E-state index contributed by atoms with van der Waals surface area (Å²) in [5.74, 6) is 1.63. The van der Waals surface area contributed by atoms with Crippen molar-refractivity contribution in [1.82, 2.24) is 10.2 Å². The van der Waals surface area contributed by atoms with Crippen LogP contribution < -0.4 is 10.1 Å². The van der Waals surface area contributed by atoms with Crippen LogP contribution in [0, 0.1) is 17.8 Å². The predicted molar refractivity (Wildman–Crippen MR) is 94.2 cm³/mol. The van der Waals surface area contributed by atoms with Gasteiger partial charge < -0.3 is 15.0 Å². The zero-order valence-corrected chi connectivity index (χ0v) is 14.6. The van der Waals surface area contributed by atoms with Crippen molar-refractivity contribution in [1.29, 1.82) is 0 Å². The van der Waals surface area contributed by atoms with E-state index in [4.69, 9.17) is 4.74 Å². The largest absolute Gasteiger partial charge is 0.492 e. The van der Waals surface area contributed by atoms with Gasteiger partial charge >= 0.3 is 0 Å². The Balaban J connectivity index is 1.34. The number of ether oxygens (including phenoxy) is 1. The van der Waals surface area contributed by atoms with Crippen LogP contribution in [0.3, 0.4) is 0 Å². The number of rotatable bonds is 4. The fraction of sp³-hybridized carbons (Fsp3) is 0.600. The Morgan fingerprint density at radius 2 is 2.00 bits per heavy atom. The third-order valence-electron chi connectivity index (χ3n) is 5.59. The normalized spacial score (nSPS) is 25.7. The highest BCUT2D eigenvalue weighted by atomic mass is 16.5. The lowest BCUT2D eigenvalue weighted by Crippen LogP contribution is -2.49. The van der Waals surface area contributed by atoms with E-state index < -0.39 is 0 Å². The van der Waals surface area contributed by atoms with Gasteiger partial charge in [-0.1, -0.05) is 18.2 Å². The van der Waals surface area contributed by atoms with Crippen LogP contribution in [0.2, 0.25) is 0 Å². The molecule has 5 heteroatoms. The van der Waals surface area contributed by atoms with Gasteiger partial charge in [0.15, 0.2) is 0 Å². The van der Waals surface area contributed by atoms with Crippen molar-refractivity contribution >= 4 is 11.8 Å². The first kappa shape index (κ1) is 16.4. The number of amides is 2. The molecule has 1 saturated heterocycles. The number of fused-ring (bicyclic) bond motifs is 1. The molecule has 0 aromatic heterocycles. The van der Waals surface area contributed by atoms with E-state index in [9.17, 15) is 9.59 Å². The van der Waals surface area contributed by atoms with Gasteiger partial charge in [0.05, 0.1) is 11.8 Å². The van der Waals surface area contributed by atoms with Crippen molar-refractivity contribution in [2.45, 2.75) is 32.1 Å². The lowest BCUT2D eigenvalue weighted by Gasteiger charge is -2.35. The molecular formula is C20H26N2O3. The van der Waals surface area contributed by atoms with Crippen LogP contribution >= 0.6 is 0 Å². The van der Waals surface area contributed by atoms with Gasteiger partial charge in [0.2, 0.25) is 11.8 Å². The molecule has 2 heterocycles. The Bertz CT molecular complexity index is 656. The third kappa shape index (κ3) is 3.80. The number of benzene rings is 1. The molecule has 1 N–H and O–H groups in total. The Hall–Kier alpha value is -2.04. The molecule has 134 valence electrons. The number of likely N-dealkylation sites (tertiary alicyclic amines) is 1. The van der Waals surface area contributed by atoms with Gasteiger partial charge in [-0.15, -0.1) is 0 Å². The zero-order chi connectivity index (χ0) is 17.2. The minimum absolute atomic E-state index is 0.0618. The van der Waals surface area contributed by atoms with Crippen LogP contribution in [0.4, 0.5) is 0 Å². The van der Waals surface area contributed by atoms with E-state index in [2.05, 4.69) is 5.32 Å². The average molecular weight is 342 g/mol. The van der Waals surface area contributed by atoms with Crippen LogP contribution in [0.15, 0.2) is 24.3 Å². The second-order valence-electron chi connectivity index (χ2n) is 7.63. The van der Waals surface area contributed by atoms with E-state index in [1.165, 1.54) is 12.8 Å². The number of nitrogens with one attached hydrogen (secondary N) is 1. The fourth-order valence-electron chi connectivity index (χ4n) is 3.85. The van der Waals surface area contributed by atoms with E-state index in [0.29, 0.717) is 19.1 Å². The molecule has 1 aromatic carbocycles. The van der Waals surface area contributed by atoms with Gasteiger partial charge in [-0.25, -0.2) is 0 Å². The molecule has 2 amide bonds. The maximum Gasteiger partial charge on any atom is 0.229 e. The molecule has 3 aliphatic rings. The lowest BCUT2D eigenvalue weighted by atomic mass is 9.92. The molecule has 1 saturated carbocycles. The summed E-state index contributed by atoms with van der Waals surface area (Å²) in [4.78, 5) is 27.2. The lowest BCUT2D eigenvalue weighted by molar-refractivity contribution is -0.140. The molecule has 1 aliphatic carbocycles. The van der Waals surface area contributed by atoms with Crippen molar-refractivity contribution in [3.8, 4) is 5.75 Å². The number of nitrogens with zero attached hydrogens (tertiary/aromatic N) is 1. The maximum absolute atomic E-state index is 12.9.